The third-order valence-corrected chi connectivity index (χ3v) is 2.95. The van der Waals surface area contributed by atoms with Gasteiger partial charge >= 0.3 is 0 Å². The van der Waals surface area contributed by atoms with E-state index in [0.29, 0.717) is 6.42 Å². The predicted octanol–water partition coefficient (Wildman–Crippen LogP) is 3.52. The first-order valence-corrected chi connectivity index (χ1v) is 6.18. The van der Waals surface area contributed by atoms with Gasteiger partial charge in [-0.3, -0.25) is 4.79 Å². The molecule has 0 radical (unpaired) electrons. The summed E-state index contributed by atoms with van der Waals surface area (Å²) < 4.78 is 0. The van der Waals surface area contributed by atoms with Gasteiger partial charge in [-0.25, -0.2) is 0 Å². The van der Waals surface area contributed by atoms with E-state index >= 15 is 0 Å². The van der Waals surface area contributed by atoms with Crippen molar-refractivity contribution in [1.29, 1.82) is 5.26 Å². The average molecular weight is 229 g/mol. The molecule has 2 nitrogen and oxygen atoms in total. The average Bonchev–Trinajstić information content (AvgIpc) is 2.34. The number of carbonyl (C=O) groups excluding carboxylic acids is 1. The number of hydrogen-bond donors (Lipinski definition) is 0. The van der Waals surface area contributed by atoms with Crippen LogP contribution in [0.3, 0.4) is 0 Å². The first kappa shape index (κ1) is 13.4. The van der Waals surface area contributed by atoms with Crippen LogP contribution >= 0.6 is 0 Å². The summed E-state index contributed by atoms with van der Waals surface area (Å²) in [6.07, 6.45) is 4.96. The van der Waals surface area contributed by atoms with Crippen LogP contribution in [0.5, 0.6) is 0 Å². The highest BCUT2D eigenvalue weighted by Gasteiger charge is 2.11. The van der Waals surface area contributed by atoms with Crippen molar-refractivity contribution in [2.45, 2.75) is 39.0 Å². The highest BCUT2D eigenvalue weighted by atomic mass is 16.1. The number of rotatable bonds is 7. The molecule has 0 spiro atoms. The van der Waals surface area contributed by atoms with Crippen LogP contribution in [-0.4, -0.2) is 5.78 Å². The molecule has 0 bridgehead atoms. The Bertz CT molecular complexity index is 378. The molecule has 0 aliphatic carbocycles. The number of benzene rings is 1. The Kier molecular flexibility index (Phi) is 6.03. The molecule has 17 heavy (non-hydrogen) atoms. The molecule has 0 saturated carbocycles. The van der Waals surface area contributed by atoms with E-state index in [4.69, 9.17) is 5.26 Å². The van der Waals surface area contributed by atoms with Gasteiger partial charge in [-0.2, -0.15) is 5.26 Å². The Morgan fingerprint density at radius 1 is 1.24 bits per heavy atom. The number of carbonyl (C=O) groups is 1. The smallest absolute Gasteiger partial charge is 0.146 e. The second-order valence-corrected chi connectivity index (χ2v) is 4.38. The van der Waals surface area contributed by atoms with Crippen molar-refractivity contribution in [2.75, 3.05) is 0 Å². The van der Waals surface area contributed by atoms with Gasteiger partial charge in [0.25, 0.3) is 0 Å². The zero-order valence-corrected chi connectivity index (χ0v) is 10.4. The van der Waals surface area contributed by atoms with E-state index in [1.165, 1.54) is 12.5 Å². The lowest BCUT2D eigenvalue weighted by Crippen LogP contribution is -2.07. The molecule has 0 fully saturated rings. The summed E-state index contributed by atoms with van der Waals surface area (Å²) >= 11 is 0. The molecule has 90 valence electrons. The molecule has 1 aromatic carbocycles. The minimum atomic E-state index is -0.397. The van der Waals surface area contributed by atoms with Crippen molar-refractivity contribution in [1.82, 2.24) is 0 Å². The van der Waals surface area contributed by atoms with Crippen LogP contribution in [0.15, 0.2) is 30.3 Å². The molecule has 0 aromatic heterocycles. The van der Waals surface area contributed by atoms with Gasteiger partial charge in [0, 0.05) is 0 Å². The Morgan fingerprint density at radius 3 is 2.53 bits per heavy atom. The van der Waals surface area contributed by atoms with Gasteiger partial charge in [0.05, 0.1) is 6.07 Å². The van der Waals surface area contributed by atoms with Gasteiger partial charge in [-0.1, -0.05) is 43.2 Å². The monoisotopic (exact) mass is 229 g/mol. The minimum absolute atomic E-state index is 0.00411. The van der Waals surface area contributed by atoms with Gasteiger partial charge in [-0.05, 0) is 31.7 Å². The molecule has 1 atom stereocenters. The summed E-state index contributed by atoms with van der Waals surface area (Å²) in [6, 6.07) is 12.5. The lowest BCUT2D eigenvalue weighted by Gasteiger charge is -2.04. The summed E-state index contributed by atoms with van der Waals surface area (Å²) in [6.45, 7) is 1.50. The van der Waals surface area contributed by atoms with Crippen molar-refractivity contribution >= 4 is 5.78 Å². The van der Waals surface area contributed by atoms with Crippen LogP contribution in [-0.2, 0) is 11.2 Å². The van der Waals surface area contributed by atoms with E-state index in [1.807, 2.05) is 6.07 Å². The number of nitriles is 1. The molecule has 1 rings (SSSR count). The van der Waals surface area contributed by atoms with E-state index in [9.17, 15) is 4.79 Å². The summed E-state index contributed by atoms with van der Waals surface area (Å²) in [7, 11) is 0. The lowest BCUT2D eigenvalue weighted by atomic mass is 9.98. The van der Waals surface area contributed by atoms with Crippen molar-refractivity contribution < 1.29 is 4.79 Å². The zero-order valence-electron chi connectivity index (χ0n) is 10.4. The number of nitrogens with zero attached hydrogens (tertiary/aromatic N) is 1. The number of aryl methyl sites for hydroxylation is 1. The largest absolute Gasteiger partial charge is 0.299 e. The zero-order chi connectivity index (χ0) is 12.5. The van der Waals surface area contributed by atoms with Gasteiger partial charge in [0.15, 0.2) is 0 Å². The fourth-order valence-corrected chi connectivity index (χ4v) is 1.86. The van der Waals surface area contributed by atoms with Gasteiger partial charge < -0.3 is 0 Å². The first-order chi connectivity index (χ1) is 8.24. The first-order valence-electron chi connectivity index (χ1n) is 6.18. The highest BCUT2D eigenvalue weighted by molar-refractivity contribution is 5.80. The molecule has 0 aliphatic rings. The Labute approximate surface area is 103 Å². The van der Waals surface area contributed by atoms with Crippen molar-refractivity contribution in [2.24, 2.45) is 5.92 Å². The SMILES string of the molecule is CC(=O)C(C#N)CCCCCc1ccccc1. The van der Waals surface area contributed by atoms with E-state index in [2.05, 4.69) is 30.3 Å². The van der Waals surface area contributed by atoms with Crippen molar-refractivity contribution in [3.63, 3.8) is 0 Å². The van der Waals surface area contributed by atoms with Gasteiger partial charge in [-0.15, -0.1) is 0 Å². The maximum Gasteiger partial charge on any atom is 0.146 e. The molecule has 0 amide bonds. The second-order valence-electron chi connectivity index (χ2n) is 4.38. The Hall–Kier alpha value is -1.62. The van der Waals surface area contributed by atoms with Crippen molar-refractivity contribution in [3.8, 4) is 6.07 Å². The third kappa shape index (κ3) is 5.31. The highest BCUT2D eigenvalue weighted by Crippen LogP contribution is 2.12. The van der Waals surface area contributed by atoms with Gasteiger partial charge in [0.1, 0.15) is 11.7 Å². The molecular formula is C15H19NO. The fraction of sp³-hybridized carbons (Fsp3) is 0.467. The Balaban J connectivity index is 2.13. The van der Waals surface area contributed by atoms with Gasteiger partial charge in [0.2, 0.25) is 0 Å². The summed E-state index contributed by atoms with van der Waals surface area (Å²) in [5.74, 6) is -0.401. The minimum Gasteiger partial charge on any atom is -0.299 e. The van der Waals surface area contributed by atoms with Crippen LogP contribution in [0.1, 0.15) is 38.2 Å². The molecule has 0 aliphatic heterocycles. The number of hydrogen-bond acceptors (Lipinski definition) is 2. The van der Waals surface area contributed by atoms with Crippen LogP contribution in [0.2, 0.25) is 0 Å². The standard InChI is InChI=1S/C15H19NO/c1-13(17)15(12-16)11-7-3-6-10-14-8-4-2-5-9-14/h2,4-5,8-9,15H,3,6-7,10-11H2,1H3. The Morgan fingerprint density at radius 2 is 1.94 bits per heavy atom. The second kappa shape index (κ2) is 7.62. The molecular weight excluding hydrogens is 210 g/mol. The third-order valence-electron chi connectivity index (χ3n) is 2.95. The lowest BCUT2D eigenvalue weighted by molar-refractivity contribution is -0.119. The normalized spacial score (nSPS) is 11.8. The molecule has 0 saturated heterocycles. The van der Waals surface area contributed by atoms with E-state index in [0.717, 1.165) is 25.7 Å². The molecule has 1 aromatic rings. The fourth-order valence-electron chi connectivity index (χ4n) is 1.86. The van der Waals surface area contributed by atoms with Crippen molar-refractivity contribution in [3.05, 3.63) is 35.9 Å². The summed E-state index contributed by atoms with van der Waals surface area (Å²) in [4.78, 5) is 11.0. The van der Waals surface area contributed by atoms with E-state index in [-0.39, 0.29) is 5.78 Å². The topological polar surface area (TPSA) is 40.9 Å². The quantitative estimate of drug-likeness (QED) is 0.671. The summed E-state index contributed by atoms with van der Waals surface area (Å²) in [5.41, 5.74) is 1.36. The number of Topliss-reactive ketones (excluding diaryl/α,β-unsaturated/α-hetero) is 1. The summed E-state index contributed by atoms with van der Waals surface area (Å²) in [5, 5.41) is 8.76. The molecule has 1 unspecified atom stereocenters. The number of unbranched alkanes of at least 4 members (excludes halogenated alkanes) is 2. The maximum absolute atomic E-state index is 11.0. The van der Waals surface area contributed by atoms with Crippen LogP contribution in [0.4, 0.5) is 0 Å². The predicted molar refractivity (Wildman–Crippen MR) is 68.4 cm³/mol. The molecule has 2 heteroatoms. The number of ketones is 1. The van der Waals surface area contributed by atoms with E-state index in [1.54, 1.807) is 0 Å². The maximum atomic E-state index is 11.0. The molecule has 0 heterocycles. The molecule has 0 N–H and O–H groups in total. The van der Waals surface area contributed by atoms with Crippen LogP contribution in [0.25, 0.3) is 0 Å². The van der Waals surface area contributed by atoms with Crippen LogP contribution in [0, 0.1) is 17.2 Å². The van der Waals surface area contributed by atoms with E-state index < -0.39 is 5.92 Å². The van der Waals surface area contributed by atoms with Crippen LogP contribution < -0.4 is 0 Å².